The third-order valence-electron chi connectivity index (χ3n) is 12.6. The van der Waals surface area contributed by atoms with Crippen LogP contribution in [0.2, 0.25) is 0 Å². The van der Waals surface area contributed by atoms with Gasteiger partial charge in [0, 0.05) is 12.8 Å². The molecule has 0 fully saturated rings. The van der Waals surface area contributed by atoms with E-state index in [-0.39, 0.29) is 31.5 Å². The SMILES string of the molecule is CCCCC/C=C/C=C/CCCCCCCCC(=O)OC(/C=C/CCCCCCCCCCCC)C(COP(=O)(O)OCC[N+](C)(C)C)NC(=O)CCCCCCCCCCCCCCCC. The molecule has 0 radical (unpaired) electrons. The van der Waals surface area contributed by atoms with Crippen molar-refractivity contribution in [3.8, 4) is 0 Å². The number of hydrogen-bond donors (Lipinski definition) is 2. The molecule has 10 heteroatoms. The monoisotopic (exact) mass is 966 g/mol. The number of amides is 1. The van der Waals surface area contributed by atoms with E-state index in [1.807, 2.05) is 33.3 Å². The van der Waals surface area contributed by atoms with Gasteiger partial charge in [0.25, 0.3) is 0 Å². The Labute approximate surface area is 415 Å². The number of carbonyl (C=O) groups is 2. The second-order valence-corrected chi connectivity index (χ2v) is 22.0. The number of nitrogens with zero attached hydrogens (tertiary/aromatic N) is 1. The number of phosphoric acid groups is 1. The average Bonchev–Trinajstić information content (AvgIpc) is 3.28. The summed E-state index contributed by atoms with van der Waals surface area (Å²) < 4.78 is 30.6. The fourth-order valence-electron chi connectivity index (χ4n) is 8.17. The van der Waals surface area contributed by atoms with Crippen molar-refractivity contribution in [2.75, 3.05) is 40.9 Å². The van der Waals surface area contributed by atoms with Crippen molar-refractivity contribution in [2.24, 2.45) is 0 Å². The van der Waals surface area contributed by atoms with Crippen LogP contribution in [0.15, 0.2) is 36.5 Å². The lowest BCUT2D eigenvalue weighted by Crippen LogP contribution is -2.47. The van der Waals surface area contributed by atoms with Gasteiger partial charge in [-0.3, -0.25) is 18.6 Å². The lowest BCUT2D eigenvalue weighted by Gasteiger charge is -2.27. The Morgan fingerprint density at radius 1 is 0.522 bits per heavy atom. The molecule has 0 aliphatic heterocycles. The Hall–Kier alpha value is -1.77. The number of likely N-dealkylation sites (N-methyl/N-ethyl adjacent to an activating group) is 1. The van der Waals surface area contributed by atoms with Gasteiger partial charge in [-0.05, 0) is 57.4 Å². The molecule has 3 atom stereocenters. The minimum Gasteiger partial charge on any atom is -0.456 e. The second kappa shape index (κ2) is 47.9. The van der Waals surface area contributed by atoms with Gasteiger partial charge in [-0.25, -0.2) is 4.57 Å². The summed E-state index contributed by atoms with van der Waals surface area (Å²) in [6, 6.07) is -0.847. The fraction of sp³-hybridized carbons (Fsp3) is 0.860. The molecule has 0 spiro atoms. The van der Waals surface area contributed by atoms with Crippen molar-refractivity contribution in [2.45, 2.75) is 277 Å². The van der Waals surface area contributed by atoms with Crippen molar-refractivity contribution in [1.82, 2.24) is 5.32 Å². The van der Waals surface area contributed by atoms with E-state index in [1.54, 1.807) is 0 Å². The van der Waals surface area contributed by atoms with E-state index >= 15 is 0 Å². The minimum absolute atomic E-state index is 0.0402. The number of hydrogen-bond acceptors (Lipinski definition) is 6. The summed E-state index contributed by atoms with van der Waals surface area (Å²) >= 11 is 0. The standard InChI is InChI=1S/C57H109N2O7P/c1-7-10-13-16-19-22-25-28-30-32-35-38-41-44-47-50-57(61)66-55(48-45-42-39-36-33-27-24-21-18-15-12-9-3)54(53-65-67(62,63)64-52-51-59(4,5)6)58-56(60)49-46-43-40-37-34-31-29-26-23-20-17-14-11-8-2/h19,22,25,28,45,48,54-55H,7-18,20-21,23-24,26-27,29-44,46-47,49-53H2,1-6H3,(H-,58,60,62,63)/p+1/b22-19+,28-25+,48-45+. The molecule has 0 rings (SSSR count). The van der Waals surface area contributed by atoms with Crippen molar-refractivity contribution in [1.29, 1.82) is 0 Å². The lowest BCUT2D eigenvalue weighted by atomic mass is 10.0. The number of quaternary nitrogens is 1. The first-order valence-corrected chi connectivity index (χ1v) is 29.8. The van der Waals surface area contributed by atoms with E-state index in [0.29, 0.717) is 17.4 Å². The molecule has 2 N–H and O–H groups in total. The maximum Gasteiger partial charge on any atom is 0.472 e. The smallest absolute Gasteiger partial charge is 0.456 e. The van der Waals surface area contributed by atoms with Gasteiger partial charge in [0.15, 0.2) is 0 Å². The Bertz CT molecular complexity index is 1250. The van der Waals surface area contributed by atoms with E-state index in [9.17, 15) is 19.0 Å². The number of unbranched alkanes of at least 4 members (excludes halogenated alkanes) is 32. The highest BCUT2D eigenvalue weighted by molar-refractivity contribution is 7.47. The van der Waals surface area contributed by atoms with Crippen LogP contribution in [-0.2, 0) is 27.9 Å². The molecule has 0 aliphatic carbocycles. The first-order chi connectivity index (χ1) is 32.4. The number of phosphoric ester groups is 1. The molecule has 0 aromatic rings. The molecule has 0 aromatic carbocycles. The van der Waals surface area contributed by atoms with Crippen LogP contribution in [0.3, 0.4) is 0 Å². The predicted octanol–water partition coefficient (Wildman–Crippen LogP) is 16.8. The summed E-state index contributed by atoms with van der Waals surface area (Å²) in [5.41, 5.74) is 0. The van der Waals surface area contributed by atoms with E-state index in [0.717, 1.165) is 77.0 Å². The fourth-order valence-corrected chi connectivity index (χ4v) is 8.90. The van der Waals surface area contributed by atoms with Gasteiger partial charge in [-0.1, -0.05) is 231 Å². The van der Waals surface area contributed by atoms with Crippen LogP contribution in [0, 0.1) is 0 Å². The van der Waals surface area contributed by atoms with Crippen LogP contribution in [0.25, 0.3) is 0 Å². The zero-order chi connectivity index (χ0) is 49.4. The third-order valence-corrected chi connectivity index (χ3v) is 13.6. The predicted molar refractivity (Wildman–Crippen MR) is 286 cm³/mol. The summed E-state index contributed by atoms with van der Waals surface area (Å²) in [5.74, 6) is -0.510. The van der Waals surface area contributed by atoms with Crippen LogP contribution < -0.4 is 5.32 Å². The molecular formula is C57H110N2O7P+. The number of allylic oxidation sites excluding steroid dienone is 5. The molecular weight excluding hydrogens is 856 g/mol. The number of ether oxygens (including phenoxy) is 1. The van der Waals surface area contributed by atoms with Gasteiger partial charge in [0.05, 0.1) is 33.8 Å². The molecule has 0 aliphatic rings. The Morgan fingerprint density at radius 3 is 1.34 bits per heavy atom. The molecule has 0 saturated carbocycles. The summed E-state index contributed by atoms with van der Waals surface area (Å²) in [4.78, 5) is 37.5. The Morgan fingerprint density at radius 2 is 0.896 bits per heavy atom. The molecule has 0 heterocycles. The first-order valence-electron chi connectivity index (χ1n) is 28.3. The number of carbonyl (C=O) groups excluding carboxylic acids is 2. The number of rotatable bonds is 51. The molecule has 67 heavy (non-hydrogen) atoms. The molecule has 0 aromatic heterocycles. The third kappa shape index (κ3) is 49.0. The lowest BCUT2D eigenvalue weighted by molar-refractivity contribution is -0.870. The molecule has 0 saturated heterocycles. The van der Waals surface area contributed by atoms with Crippen LogP contribution in [0.1, 0.15) is 265 Å². The maximum atomic E-state index is 13.5. The zero-order valence-corrected chi connectivity index (χ0v) is 45.8. The molecule has 0 bridgehead atoms. The van der Waals surface area contributed by atoms with Gasteiger partial charge >= 0.3 is 13.8 Å². The van der Waals surface area contributed by atoms with Crippen LogP contribution in [0.5, 0.6) is 0 Å². The molecule has 3 unspecified atom stereocenters. The normalized spacial score (nSPS) is 14.1. The van der Waals surface area contributed by atoms with Gasteiger partial charge in [-0.15, -0.1) is 0 Å². The van der Waals surface area contributed by atoms with E-state index < -0.39 is 20.0 Å². The van der Waals surface area contributed by atoms with Gasteiger partial charge < -0.3 is 19.4 Å². The Balaban J connectivity index is 5.37. The topological polar surface area (TPSA) is 111 Å². The van der Waals surface area contributed by atoms with Crippen molar-refractivity contribution in [3.05, 3.63) is 36.5 Å². The van der Waals surface area contributed by atoms with E-state index in [4.69, 9.17) is 13.8 Å². The van der Waals surface area contributed by atoms with Crippen molar-refractivity contribution in [3.63, 3.8) is 0 Å². The van der Waals surface area contributed by atoms with Crippen molar-refractivity contribution >= 4 is 19.7 Å². The highest BCUT2D eigenvalue weighted by Gasteiger charge is 2.30. The summed E-state index contributed by atoms with van der Waals surface area (Å²) in [6.07, 6.45) is 55.5. The summed E-state index contributed by atoms with van der Waals surface area (Å²) in [7, 11) is 1.50. The molecule has 1 amide bonds. The number of nitrogens with one attached hydrogen (secondary N) is 1. The average molecular weight is 966 g/mol. The molecule has 9 nitrogen and oxygen atoms in total. The van der Waals surface area contributed by atoms with Gasteiger partial charge in [-0.2, -0.15) is 0 Å². The zero-order valence-electron chi connectivity index (χ0n) is 44.9. The van der Waals surface area contributed by atoms with Gasteiger partial charge in [0.1, 0.15) is 19.3 Å². The van der Waals surface area contributed by atoms with E-state index in [2.05, 4.69) is 50.4 Å². The molecule has 394 valence electrons. The van der Waals surface area contributed by atoms with Crippen LogP contribution in [0.4, 0.5) is 0 Å². The summed E-state index contributed by atoms with van der Waals surface area (Å²) in [5, 5.41) is 3.05. The summed E-state index contributed by atoms with van der Waals surface area (Å²) in [6.45, 7) is 6.98. The largest absolute Gasteiger partial charge is 0.472 e. The quantitative estimate of drug-likeness (QED) is 0.0156. The van der Waals surface area contributed by atoms with E-state index in [1.165, 1.54) is 154 Å². The first kappa shape index (κ1) is 65.2. The highest BCUT2D eigenvalue weighted by Crippen LogP contribution is 2.43. The minimum atomic E-state index is -4.44. The van der Waals surface area contributed by atoms with Gasteiger partial charge in [0.2, 0.25) is 5.91 Å². The highest BCUT2D eigenvalue weighted by atomic mass is 31.2. The maximum absolute atomic E-state index is 13.5. The van der Waals surface area contributed by atoms with Crippen molar-refractivity contribution < 1.29 is 37.3 Å². The Kier molecular flexibility index (Phi) is 46.6. The number of esters is 1. The van der Waals surface area contributed by atoms with Crippen LogP contribution in [-0.4, -0.2) is 74.3 Å². The van der Waals surface area contributed by atoms with Crippen LogP contribution >= 0.6 is 7.82 Å². The second-order valence-electron chi connectivity index (χ2n) is 20.5.